The van der Waals surface area contributed by atoms with E-state index in [2.05, 4.69) is 25.1 Å². The number of sulfone groups is 1. The molecule has 0 unspecified atom stereocenters. The Balaban J connectivity index is 1.47. The molecule has 2 aliphatic carbocycles. The van der Waals surface area contributed by atoms with Crippen molar-refractivity contribution in [3.8, 4) is 17.4 Å². The molecule has 0 amide bonds. The molecular formula is C22H25ClN6O4S. The average molecular weight is 505 g/mol. The molecule has 5 rings (SSSR count). The number of aromatic nitrogens is 6. The van der Waals surface area contributed by atoms with E-state index in [0.717, 1.165) is 19.3 Å². The van der Waals surface area contributed by atoms with Gasteiger partial charge in [0.2, 0.25) is 5.88 Å². The predicted molar refractivity (Wildman–Crippen MR) is 124 cm³/mol. The SMILES string of the molecule is COc1cccc(-c2nnc(CS(=O)(=O)[C@@H](C)[C@H](OC)c3ncc(Cl)cn3)n2[C@@H]2CC23CC3)n1. The van der Waals surface area contributed by atoms with Gasteiger partial charge in [-0.15, -0.1) is 10.2 Å². The van der Waals surface area contributed by atoms with Gasteiger partial charge in [-0.1, -0.05) is 17.7 Å². The van der Waals surface area contributed by atoms with E-state index in [0.29, 0.717) is 28.2 Å². The van der Waals surface area contributed by atoms with Crippen molar-refractivity contribution in [3.63, 3.8) is 0 Å². The van der Waals surface area contributed by atoms with Crippen LogP contribution in [0.3, 0.4) is 0 Å². The first kappa shape index (κ1) is 23.1. The number of pyridine rings is 1. The Kier molecular flexibility index (Phi) is 5.81. The van der Waals surface area contributed by atoms with Gasteiger partial charge < -0.3 is 14.0 Å². The van der Waals surface area contributed by atoms with Crippen LogP contribution in [0, 0.1) is 5.41 Å². The lowest BCUT2D eigenvalue weighted by Crippen LogP contribution is -2.30. The molecule has 180 valence electrons. The van der Waals surface area contributed by atoms with Crippen molar-refractivity contribution in [3.05, 3.63) is 47.3 Å². The molecule has 2 fully saturated rings. The van der Waals surface area contributed by atoms with Gasteiger partial charge in [0, 0.05) is 31.6 Å². The normalized spacial score (nSPS) is 20.2. The summed E-state index contributed by atoms with van der Waals surface area (Å²) in [5, 5.41) is 8.10. The molecule has 3 atom stereocenters. The Labute approximate surface area is 202 Å². The Morgan fingerprint density at radius 1 is 1.21 bits per heavy atom. The third-order valence-electron chi connectivity index (χ3n) is 6.75. The van der Waals surface area contributed by atoms with E-state index in [1.54, 1.807) is 20.1 Å². The van der Waals surface area contributed by atoms with E-state index in [4.69, 9.17) is 21.1 Å². The molecule has 0 aliphatic heterocycles. The number of hydrogen-bond donors (Lipinski definition) is 0. The summed E-state index contributed by atoms with van der Waals surface area (Å²) in [6.07, 6.45) is 5.23. The van der Waals surface area contributed by atoms with Gasteiger partial charge in [0.05, 0.1) is 17.4 Å². The molecule has 2 aliphatic rings. The van der Waals surface area contributed by atoms with E-state index in [-0.39, 0.29) is 23.0 Å². The topological polar surface area (TPSA) is 122 Å². The fourth-order valence-corrected chi connectivity index (χ4v) is 5.97. The van der Waals surface area contributed by atoms with Crippen LogP contribution >= 0.6 is 11.6 Å². The lowest BCUT2D eigenvalue weighted by molar-refractivity contribution is 0.0948. The minimum Gasteiger partial charge on any atom is -0.481 e. The Morgan fingerprint density at radius 3 is 2.56 bits per heavy atom. The molecule has 3 aromatic rings. The molecule has 1 spiro atoms. The summed E-state index contributed by atoms with van der Waals surface area (Å²) < 4.78 is 39.7. The van der Waals surface area contributed by atoms with Crippen LogP contribution in [-0.2, 0) is 20.3 Å². The second-order valence-corrected chi connectivity index (χ2v) is 11.7. The molecule has 0 bridgehead atoms. The molecule has 0 N–H and O–H groups in total. The van der Waals surface area contributed by atoms with Gasteiger partial charge >= 0.3 is 0 Å². The summed E-state index contributed by atoms with van der Waals surface area (Å²) in [5.74, 6) is 1.37. The van der Waals surface area contributed by atoms with Crippen molar-refractivity contribution in [2.24, 2.45) is 5.41 Å². The van der Waals surface area contributed by atoms with Crippen molar-refractivity contribution in [1.82, 2.24) is 29.7 Å². The number of nitrogens with zero attached hydrogens (tertiary/aromatic N) is 6. The summed E-state index contributed by atoms with van der Waals surface area (Å²) in [5.41, 5.74) is 0.836. The lowest BCUT2D eigenvalue weighted by atomic mass is 10.2. The quantitative estimate of drug-likeness (QED) is 0.432. The van der Waals surface area contributed by atoms with Gasteiger partial charge in [0.25, 0.3) is 0 Å². The maximum Gasteiger partial charge on any atom is 0.213 e. The molecule has 3 aromatic heterocycles. The zero-order valence-corrected chi connectivity index (χ0v) is 20.6. The van der Waals surface area contributed by atoms with Gasteiger partial charge in [-0.2, -0.15) is 0 Å². The fourth-order valence-electron chi connectivity index (χ4n) is 4.44. The van der Waals surface area contributed by atoms with Crippen molar-refractivity contribution >= 4 is 21.4 Å². The van der Waals surface area contributed by atoms with E-state index in [1.807, 2.05) is 16.7 Å². The zero-order valence-electron chi connectivity index (χ0n) is 19.0. The highest BCUT2D eigenvalue weighted by Gasteiger charge is 2.64. The average Bonchev–Trinajstić information content (AvgIpc) is 3.73. The van der Waals surface area contributed by atoms with Crippen molar-refractivity contribution in [1.29, 1.82) is 0 Å². The molecule has 34 heavy (non-hydrogen) atoms. The van der Waals surface area contributed by atoms with Crippen LogP contribution in [-0.4, -0.2) is 57.6 Å². The number of hydrogen-bond acceptors (Lipinski definition) is 9. The summed E-state index contributed by atoms with van der Waals surface area (Å²) in [7, 11) is -0.732. The molecule has 0 radical (unpaired) electrons. The Bertz CT molecular complexity index is 1310. The van der Waals surface area contributed by atoms with Crippen LogP contribution in [0.1, 0.15) is 50.0 Å². The highest BCUT2D eigenvalue weighted by molar-refractivity contribution is 7.91. The number of methoxy groups -OCH3 is 2. The second kappa shape index (κ2) is 8.54. The first-order valence-corrected chi connectivity index (χ1v) is 13.0. The molecule has 10 nitrogen and oxygen atoms in total. The minimum absolute atomic E-state index is 0.170. The van der Waals surface area contributed by atoms with Crippen LogP contribution < -0.4 is 4.74 Å². The van der Waals surface area contributed by atoms with E-state index < -0.39 is 21.2 Å². The second-order valence-electron chi connectivity index (χ2n) is 8.89. The molecule has 0 aromatic carbocycles. The predicted octanol–water partition coefficient (Wildman–Crippen LogP) is 3.21. The first-order valence-electron chi connectivity index (χ1n) is 10.9. The fraction of sp³-hybridized carbons (Fsp3) is 0.500. The summed E-state index contributed by atoms with van der Waals surface area (Å²) in [4.78, 5) is 12.8. The number of halogens is 1. The maximum absolute atomic E-state index is 13.5. The van der Waals surface area contributed by atoms with Crippen molar-refractivity contribution in [2.45, 2.75) is 49.3 Å². The van der Waals surface area contributed by atoms with Crippen LogP contribution in [0.2, 0.25) is 5.02 Å². The first-order chi connectivity index (χ1) is 16.3. The van der Waals surface area contributed by atoms with Crippen LogP contribution in [0.4, 0.5) is 0 Å². The Hall–Kier alpha value is -2.63. The summed E-state index contributed by atoms with van der Waals surface area (Å²) >= 11 is 5.87. The molecule has 2 saturated carbocycles. The van der Waals surface area contributed by atoms with Crippen molar-refractivity contribution in [2.75, 3.05) is 14.2 Å². The van der Waals surface area contributed by atoms with Gasteiger partial charge in [-0.3, -0.25) is 0 Å². The molecular weight excluding hydrogens is 480 g/mol. The largest absolute Gasteiger partial charge is 0.481 e. The molecule has 12 heteroatoms. The minimum atomic E-state index is -3.72. The highest BCUT2D eigenvalue weighted by Crippen LogP contribution is 2.73. The zero-order chi connectivity index (χ0) is 24.1. The van der Waals surface area contributed by atoms with Gasteiger partial charge in [0.1, 0.15) is 23.4 Å². The smallest absolute Gasteiger partial charge is 0.213 e. The van der Waals surface area contributed by atoms with Crippen molar-refractivity contribution < 1.29 is 17.9 Å². The third kappa shape index (κ3) is 4.16. The molecule has 0 saturated heterocycles. The monoisotopic (exact) mass is 504 g/mol. The van der Waals surface area contributed by atoms with E-state index >= 15 is 0 Å². The van der Waals surface area contributed by atoms with Gasteiger partial charge in [-0.25, -0.2) is 23.4 Å². The number of ether oxygens (including phenoxy) is 2. The van der Waals surface area contributed by atoms with Crippen LogP contribution in [0.15, 0.2) is 30.6 Å². The van der Waals surface area contributed by atoms with E-state index in [1.165, 1.54) is 19.5 Å². The molecule has 3 heterocycles. The van der Waals surface area contributed by atoms with Crippen LogP contribution in [0.25, 0.3) is 11.5 Å². The Morgan fingerprint density at radius 2 is 1.94 bits per heavy atom. The van der Waals surface area contributed by atoms with E-state index in [9.17, 15) is 8.42 Å². The standard InChI is InChI=1S/C22H25ClN6O4S/c1-13(19(33-3)20-24-10-14(23)11-25-20)34(30,31)12-17-27-28-21(15-5-4-6-18(26-15)32-2)29(17)16-9-22(16)7-8-22/h4-6,10-11,13,16,19H,7-9,12H2,1-3H3/t13-,16+,19-/m0/s1. The summed E-state index contributed by atoms with van der Waals surface area (Å²) in [6, 6.07) is 5.57. The lowest BCUT2D eigenvalue weighted by Gasteiger charge is -2.21. The van der Waals surface area contributed by atoms with Gasteiger partial charge in [0.15, 0.2) is 21.5 Å². The van der Waals surface area contributed by atoms with Gasteiger partial charge in [-0.05, 0) is 37.7 Å². The maximum atomic E-state index is 13.5. The summed E-state index contributed by atoms with van der Waals surface area (Å²) in [6.45, 7) is 1.59. The van der Waals surface area contributed by atoms with Crippen LogP contribution in [0.5, 0.6) is 5.88 Å². The third-order valence-corrected chi connectivity index (χ3v) is 8.99. The number of rotatable bonds is 9. The highest BCUT2D eigenvalue weighted by atomic mass is 35.5.